The van der Waals surface area contributed by atoms with E-state index in [1.165, 1.54) is 4.90 Å². The Morgan fingerprint density at radius 1 is 0.917 bits per heavy atom. The molecule has 36 heavy (non-hydrogen) atoms. The van der Waals surface area contributed by atoms with Crippen LogP contribution >= 0.6 is 11.8 Å². The number of hydrogen-bond donors (Lipinski definition) is 1. The van der Waals surface area contributed by atoms with Gasteiger partial charge in [-0.05, 0) is 42.0 Å². The van der Waals surface area contributed by atoms with E-state index in [4.69, 9.17) is 18.9 Å². The van der Waals surface area contributed by atoms with Crippen molar-refractivity contribution in [2.75, 3.05) is 45.2 Å². The summed E-state index contributed by atoms with van der Waals surface area (Å²) in [7, 11) is 6.21. The van der Waals surface area contributed by atoms with Crippen molar-refractivity contribution >= 4 is 35.0 Å². The summed E-state index contributed by atoms with van der Waals surface area (Å²) in [6.45, 7) is -0.129. The number of rotatable bonds is 8. The quantitative estimate of drug-likeness (QED) is 0.462. The average Bonchev–Trinajstić information content (AvgIpc) is 3.04. The minimum Gasteiger partial charge on any atom is -0.495 e. The number of ether oxygens (including phenoxy) is 4. The van der Waals surface area contributed by atoms with Crippen LogP contribution in [0.15, 0.2) is 65.6 Å². The maximum Gasteiger partial charge on any atom is 0.244 e. The number of carbonyl (C=O) groups excluding carboxylic acids is 2. The van der Waals surface area contributed by atoms with E-state index in [2.05, 4.69) is 5.32 Å². The van der Waals surface area contributed by atoms with E-state index in [1.54, 1.807) is 52.3 Å². The van der Waals surface area contributed by atoms with E-state index in [9.17, 15) is 9.59 Å². The lowest BCUT2D eigenvalue weighted by Crippen LogP contribution is -2.38. The summed E-state index contributed by atoms with van der Waals surface area (Å²) in [5.41, 5.74) is 2.10. The fourth-order valence-electron chi connectivity index (χ4n) is 4.11. The summed E-state index contributed by atoms with van der Waals surface area (Å²) in [4.78, 5) is 28.9. The number of hydrogen-bond acceptors (Lipinski definition) is 7. The molecule has 1 aliphatic heterocycles. The molecule has 9 heteroatoms. The van der Waals surface area contributed by atoms with Gasteiger partial charge in [-0.1, -0.05) is 24.3 Å². The molecule has 0 bridgehead atoms. The van der Waals surface area contributed by atoms with E-state index in [0.717, 1.165) is 10.5 Å². The van der Waals surface area contributed by atoms with Crippen LogP contribution < -0.4 is 29.2 Å². The third-order valence-corrected chi connectivity index (χ3v) is 7.15. The lowest BCUT2D eigenvalue weighted by molar-refractivity contribution is -0.121. The Balaban J connectivity index is 1.64. The average molecular weight is 509 g/mol. The molecular formula is C27H28N2O6S. The molecule has 1 N–H and O–H groups in total. The second kappa shape index (κ2) is 11.3. The van der Waals surface area contributed by atoms with Gasteiger partial charge in [0, 0.05) is 16.6 Å². The molecule has 1 atom stereocenters. The first-order chi connectivity index (χ1) is 17.5. The maximum atomic E-state index is 13.5. The van der Waals surface area contributed by atoms with Crippen LogP contribution in [0, 0.1) is 0 Å². The number of carbonyl (C=O) groups is 2. The molecule has 3 aromatic rings. The van der Waals surface area contributed by atoms with Crippen molar-refractivity contribution < 1.29 is 28.5 Å². The van der Waals surface area contributed by atoms with Crippen LogP contribution in [-0.4, -0.2) is 46.8 Å². The number of amides is 2. The summed E-state index contributed by atoms with van der Waals surface area (Å²) in [6, 6.07) is 18.5. The Hall–Kier alpha value is -3.85. The van der Waals surface area contributed by atoms with Gasteiger partial charge in [0.1, 0.15) is 12.3 Å². The summed E-state index contributed by atoms with van der Waals surface area (Å²) in [5.74, 6) is 1.59. The summed E-state index contributed by atoms with van der Waals surface area (Å²) >= 11 is 1.56. The Labute approximate surface area is 214 Å². The standard InChI is InChI=1S/C27H28N2O6S/c1-32-20-11-7-5-9-18(20)28-25(30)16-29-19-10-6-8-12-23(19)36-24(15-26(29)31)17-13-21(33-2)27(35-4)22(14-17)34-3/h5-14,24H,15-16H2,1-4H3,(H,28,30)/t24-/m0/s1. The van der Waals surface area contributed by atoms with Crippen molar-refractivity contribution in [3.8, 4) is 23.0 Å². The van der Waals surface area contributed by atoms with Crippen LogP contribution in [0.5, 0.6) is 23.0 Å². The highest BCUT2D eigenvalue weighted by Crippen LogP contribution is 2.49. The number of para-hydroxylation sites is 3. The molecular weight excluding hydrogens is 480 g/mol. The van der Waals surface area contributed by atoms with Crippen molar-refractivity contribution in [3.63, 3.8) is 0 Å². The Kier molecular flexibility index (Phi) is 7.90. The van der Waals surface area contributed by atoms with Crippen LogP contribution in [0.2, 0.25) is 0 Å². The Morgan fingerprint density at radius 3 is 2.22 bits per heavy atom. The lowest BCUT2D eigenvalue weighted by Gasteiger charge is -2.22. The van der Waals surface area contributed by atoms with Crippen LogP contribution in [-0.2, 0) is 9.59 Å². The van der Waals surface area contributed by atoms with E-state index in [-0.39, 0.29) is 30.0 Å². The topological polar surface area (TPSA) is 86.3 Å². The maximum absolute atomic E-state index is 13.5. The number of benzene rings is 3. The number of fused-ring (bicyclic) bond motifs is 1. The van der Waals surface area contributed by atoms with Crippen molar-refractivity contribution in [2.45, 2.75) is 16.6 Å². The van der Waals surface area contributed by atoms with Crippen molar-refractivity contribution in [1.82, 2.24) is 0 Å². The molecule has 1 aliphatic rings. The normalized spacial score (nSPS) is 14.9. The molecule has 0 saturated heterocycles. The zero-order valence-electron chi connectivity index (χ0n) is 20.6. The molecule has 0 aliphatic carbocycles. The molecule has 0 fully saturated rings. The number of nitrogens with one attached hydrogen (secondary N) is 1. The molecule has 0 radical (unpaired) electrons. The third-order valence-electron chi connectivity index (χ3n) is 5.83. The predicted molar refractivity (Wildman–Crippen MR) is 140 cm³/mol. The van der Waals surface area contributed by atoms with Gasteiger partial charge >= 0.3 is 0 Å². The first-order valence-corrected chi connectivity index (χ1v) is 12.2. The second-order valence-electron chi connectivity index (χ2n) is 7.97. The molecule has 3 aromatic carbocycles. The van der Waals surface area contributed by atoms with Gasteiger partial charge in [-0.3, -0.25) is 9.59 Å². The Morgan fingerprint density at radius 2 is 1.56 bits per heavy atom. The van der Waals surface area contributed by atoms with Gasteiger partial charge in [-0.15, -0.1) is 11.8 Å². The van der Waals surface area contributed by atoms with E-state index in [1.807, 2.05) is 48.5 Å². The summed E-state index contributed by atoms with van der Waals surface area (Å²) in [6.07, 6.45) is 0.180. The van der Waals surface area contributed by atoms with Gasteiger partial charge in [0.25, 0.3) is 0 Å². The molecule has 188 valence electrons. The Bertz CT molecular complexity index is 1240. The molecule has 0 spiro atoms. The number of methoxy groups -OCH3 is 4. The van der Waals surface area contributed by atoms with Crippen molar-refractivity contribution in [3.05, 3.63) is 66.2 Å². The molecule has 1 heterocycles. The second-order valence-corrected chi connectivity index (χ2v) is 9.21. The summed E-state index contributed by atoms with van der Waals surface area (Å²) < 4.78 is 21.8. The molecule has 8 nitrogen and oxygen atoms in total. The number of thioether (sulfide) groups is 1. The molecule has 0 unspecified atom stereocenters. The largest absolute Gasteiger partial charge is 0.495 e. The fraction of sp³-hybridized carbons (Fsp3) is 0.259. The van der Waals surface area contributed by atoms with Crippen LogP contribution in [0.4, 0.5) is 11.4 Å². The van der Waals surface area contributed by atoms with Gasteiger partial charge in [-0.2, -0.15) is 0 Å². The number of nitrogens with zero attached hydrogens (tertiary/aromatic N) is 1. The van der Waals surface area contributed by atoms with Crippen LogP contribution in [0.25, 0.3) is 0 Å². The third kappa shape index (κ3) is 5.21. The lowest BCUT2D eigenvalue weighted by atomic mass is 10.1. The van der Waals surface area contributed by atoms with Gasteiger partial charge < -0.3 is 29.2 Å². The molecule has 0 saturated carbocycles. The van der Waals surface area contributed by atoms with Crippen molar-refractivity contribution in [1.29, 1.82) is 0 Å². The van der Waals surface area contributed by atoms with Crippen LogP contribution in [0.3, 0.4) is 0 Å². The first kappa shape index (κ1) is 25.2. The number of anilines is 2. The monoisotopic (exact) mass is 508 g/mol. The van der Waals surface area contributed by atoms with E-state index < -0.39 is 0 Å². The zero-order chi connectivity index (χ0) is 25.7. The minimum absolute atomic E-state index is 0.129. The minimum atomic E-state index is -0.320. The van der Waals surface area contributed by atoms with Crippen molar-refractivity contribution in [2.24, 2.45) is 0 Å². The van der Waals surface area contributed by atoms with Gasteiger partial charge in [0.05, 0.1) is 39.8 Å². The zero-order valence-corrected chi connectivity index (χ0v) is 21.4. The van der Waals surface area contributed by atoms with E-state index >= 15 is 0 Å². The van der Waals surface area contributed by atoms with E-state index in [0.29, 0.717) is 34.4 Å². The first-order valence-electron chi connectivity index (χ1n) is 11.3. The smallest absolute Gasteiger partial charge is 0.244 e. The van der Waals surface area contributed by atoms with Crippen LogP contribution in [0.1, 0.15) is 17.2 Å². The van der Waals surface area contributed by atoms with Gasteiger partial charge in [0.2, 0.25) is 17.6 Å². The SMILES string of the molecule is COc1ccccc1NC(=O)CN1C(=O)C[C@@H](c2cc(OC)c(OC)c(OC)c2)Sc2ccccc21. The molecule has 2 amide bonds. The van der Waals surface area contributed by atoms with Gasteiger partial charge in [0.15, 0.2) is 11.5 Å². The highest BCUT2D eigenvalue weighted by atomic mass is 32.2. The highest BCUT2D eigenvalue weighted by Gasteiger charge is 2.31. The molecule has 0 aromatic heterocycles. The van der Waals surface area contributed by atoms with Gasteiger partial charge in [-0.25, -0.2) is 0 Å². The predicted octanol–water partition coefficient (Wildman–Crippen LogP) is 4.93. The summed E-state index contributed by atoms with van der Waals surface area (Å²) in [5, 5.41) is 2.63. The highest BCUT2D eigenvalue weighted by molar-refractivity contribution is 7.99. The fourth-order valence-corrected chi connectivity index (χ4v) is 5.37. The molecule has 4 rings (SSSR count).